The zero-order valence-corrected chi connectivity index (χ0v) is 32.5. The highest BCUT2D eigenvalue weighted by molar-refractivity contribution is 7.21. The Balaban J connectivity index is 1.18. The van der Waals surface area contributed by atoms with Gasteiger partial charge < -0.3 is 28.4 Å². The van der Waals surface area contributed by atoms with Crippen LogP contribution in [0.15, 0.2) is 96.9 Å². The summed E-state index contributed by atoms with van der Waals surface area (Å²) >= 11 is 1.27. The standard InChI is InChI=1S/C42H45N5O9S/c1-3-37(48)54-27-11-7-6-10-26-53-34-18-14-31(15-19-34)41(50)56-36-21-20-35(28-32(36)29-45-47-42-46-38-39(57-42)44-23-22-43-38)55-40(49)30-12-16-33(17-13-30)52-25-9-5-4-8-24-51-2/h3,12-23,28-29H,1,4-11,24-27H2,2H3,(H,43,46,47)/b45-29+. The Hall–Kier alpha value is -6.19. The molecule has 0 amide bonds. The van der Waals surface area contributed by atoms with Crippen molar-refractivity contribution in [1.29, 1.82) is 0 Å². The van der Waals surface area contributed by atoms with Crippen LogP contribution < -0.4 is 24.4 Å². The number of hydrogen-bond acceptors (Lipinski definition) is 15. The highest BCUT2D eigenvalue weighted by Crippen LogP contribution is 2.27. The molecule has 15 heteroatoms. The van der Waals surface area contributed by atoms with E-state index in [0.29, 0.717) is 63.6 Å². The van der Waals surface area contributed by atoms with Crippen molar-refractivity contribution >= 4 is 51.1 Å². The van der Waals surface area contributed by atoms with E-state index in [1.54, 1.807) is 74.1 Å². The second-order valence-electron chi connectivity index (χ2n) is 12.5. The van der Waals surface area contributed by atoms with Crippen LogP contribution >= 0.6 is 11.3 Å². The van der Waals surface area contributed by atoms with Gasteiger partial charge in [-0.05, 0) is 112 Å². The number of rotatable bonds is 24. The van der Waals surface area contributed by atoms with Crippen LogP contribution in [0, 0.1) is 0 Å². The number of nitrogens with zero attached hydrogens (tertiary/aromatic N) is 4. The Labute approximate surface area is 334 Å². The van der Waals surface area contributed by atoms with Crippen molar-refractivity contribution in [2.75, 3.05) is 39.0 Å². The third-order valence-corrected chi connectivity index (χ3v) is 9.07. The normalized spacial score (nSPS) is 11.0. The molecule has 2 heterocycles. The lowest BCUT2D eigenvalue weighted by Gasteiger charge is -2.11. The molecule has 5 aromatic rings. The minimum absolute atomic E-state index is 0.178. The van der Waals surface area contributed by atoms with E-state index in [9.17, 15) is 14.4 Å². The number of unbranched alkanes of at least 4 members (excludes halogenated alkanes) is 6. The number of nitrogens with one attached hydrogen (secondary N) is 1. The molecule has 1 N–H and O–H groups in total. The van der Waals surface area contributed by atoms with Crippen LogP contribution in [0.5, 0.6) is 23.0 Å². The van der Waals surface area contributed by atoms with Gasteiger partial charge in [-0.2, -0.15) is 10.1 Å². The third-order valence-electron chi connectivity index (χ3n) is 8.22. The summed E-state index contributed by atoms with van der Waals surface area (Å²) in [4.78, 5) is 50.9. The molecular weight excluding hydrogens is 751 g/mol. The van der Waals surface area contributed by atoms with Crippen LogP contribution in [0.4, 0.5) is 5.13 Å². The minimum Gasteiger partial charge on any atom is -0.494 e. The Morgan fingerprint density at radius 2 is 1.30 bits per heavy atom. The first kappa shape index (κ1) is 42.0. The molecule has 14 nitrogen and oxygen atoms in total. The van der Waals surface area contributed by atoms with Gasteiger partial charge in [-0.1, -0.05) is 24.3 Å². The van der Waals surface area contributed by atoms with Gasteiger partial charge in [0.15, 0.2) is 10.5 Å². The van der Waals surface area contributed by atoms with Gasteiger partial charge in [0, 0.05) is 37.7 Å². The average molecular weight is 796 g/mol. The molecule has 3 aromatic carbocycles. The molecule has 0 radical (unpaired) electrons. The average Bonchev–Trinajstić information content (AvgIpc) is 3.65. The van der Waals surface area contributed by atoms with Crippen LogP contribution in [-0.2, 0) is 14.3 Å². The van der Waals surface area contributed by atoms with E-state index < -0.39 is 17.9 Å². The van der Waals surface area contributed by atoms with Crippen molar-refractivity contribution in [3.05, 3.63) is 108 Å². The number of hydrogen-bond donors (Lipinski definition) is 1. The van der Waals surface area contributed by atoms with Crippen LogP contribution in [0.25, 0.3) is 10.5 Å². The van der Waals surface area contributed by atoms with Crippen LogP contribution in [0.3, 0.4) is 0 Å². The van der Waals surface area contributed by atoms with E-state index in [1.165, 1.54) is 29.7 Å². The van der Waals surface area contributed by atoms with E-state index in [4.69, 9.17) is 28.4 Å². The van der Waals surface area contributed by atoms with E-state index >= 15 is 0 Å². The lowest BCUT2D eigenvalue weighted by Crippen LogP contribution is -2.11. The number of carbonyl (C=O) groups is 3. The van der Waals surface area contributed by atoms with Gasteiger partial charge in [-0.15, -0.1) is 0 Å². The molecule has 0 unspecified atom stereocenters. The highest BCUT2D eigenvalue weighted by atomic mass is 32.1. The number of esters is 3. The fourth-order valence-corrected chi connectivity index (χ4v) is 5.95. The molecule has 0 bridgehead atoms. The number of thiazole rings is 1. The van der Waals surface area contributed by atoms with E-state index in [-0.39, 0.29) is 11.5 Å². The van der Waals surface area contributed by atoms with E-state index in [2.05, 4.69) is 32.1 Å². The predicted molar refractivity (Wildman–Crippen MR) is 217 cm³/mol. The second kappa shape index (κ2) is 23.0. The number of hydrazone groups is 1. The largest absolute Gasteiger partial charge is 0.494 e. The maximum Gasteiger partial charge on any atom is 0.343 e. The smallest absolute Gasteiger partial charge is 0.343 e. The molecule has 0 saturated heterocycles. The fourth-order valence-electron chi connectivity index (χ4n) is 5.24. The van der Waals surface area contributed by atoms with Crippen LogP contribution in [0.1, 0.15) is 77.6 Å². The summed E-state index contributed by atoms with van der Waals surface area (Å²) in [6, 6.07) is 18.0. The van der Waals surface area contributed by atoms with Gasteiger partial charge in [-0.3, -0.25) is 5.43 Å². The fraction of sp³-hybridized carbons (Fsp3) is 0.310. The number of anilines is 1. The highest BCUT2D eigenvalue weighted by Gasteiger charge is 2.15. The summed E-state index contributed by atoms with van der Waals surface area (Å²) < 4.78 is 33.2. The van der Waals surface area contributed by atoms with E-state index in [0.717, 1.165) is 64.0 Å². The predicted octanol–water partition coefficient (Wildman–Crippen LogP) is 8.22. The Kier molecular flexibility index (Phi) is 16.9. The number of fused-ring (bicyclic) bond motifs is 1. The molecule has 0 aliphatic carbocycles. The maximum atomic E-state index is 13.2. The molecule has 0 atom stereocenters. The third kappa shape index (κ3) is 14.1. The quantitative estimate of drug-likeness (QED) is 0.0158. The first-order valence-electron chi connectivity index (χ1n) is 18.6. The number of carbonyl (C=O) groups excluding carboxylic acids is 3. The molecule has 57 heavy (non-hydrogen) atoms. The van der Waals surface area contributed by atoms with Crippen LogP contribution in [-0.4, -0.2) is 72.6 Å². The number of methoxy groups -OCH3 is 1. The van der Waals surface area contributed by atoms with Crippen molar-refractivity contribution in [3.63, 3.8) is 0 Å². The zero-order chi connectivity index (χ0) is 40.1. The van der Waals surface area contributed by atoms with Crippen molar-refractivity contribution < 1.29 is 42.8 Å². The number of aromatic nitrogens is 3. The van der Waals surface area contributed by atoms with Crippen molar-refractivity contribution in [1.82, 2.24) is 15.0 Å². The first-order valence-corrected chi connectivity index (χ1v) is 19.4. The summed E-state index contributed by atoms with van der Waals surface area (Å²) in [6.07, 6.45) is 13.2. The Morgan fingerprint density at radius 3 is 1.91 bits per heavy atom. The van der Waals surface area contributed by atoms with Crippen LogP contribution in [0.2, 0.25) is 0 Å². The topological polar surface area (TPSA) is 170 Å². The number of ether oxygens (including phenoxy) is 6. The van der Waals surface area contributed by atoms with Gasteiger partial charge in [0.2, 0.25) is 5.13 Å². The van der Waals surface area contributed by atoms with Gasteiger partial charge in [0.05, 0.1) is 37.2 Å². The summed E-state index contributed by atoms with van der Waals surface area (Å²) in [6.45, 7) is 5.60. The van der Waals surface area contributed by atoms with Crippen molar-refractivity contribution in [2.45, 2.75) is 51.4 Å². The molecule has 0 saturated carbocycles. The Morgan fingerprint density at radius 1 is 0.719 bits per heavy atom. The molecule has 298 valence electrons. The molecular formula is C42H45N5O9S. The van der Waals surface area contributed by atoms with Crippen molar-refractivity contribution in [3.8, 4) is 23.0 Å². The van der Waals surface area contributed by atoms with Crippen molar-refractivity contribution in [2.24, 2.45) is 5.10 Å². The second-order valence-corrected chi connectivity index (χ2v) is 13.5. The maximum absolute atomic E-state index is 13.2. The lowest BCUT2D eigenvalue weighted by molar-refractivity contribution is -0.137. The minimum atomic E-state index is -0.609. The summed E-state index contributed by atoms with van der Waals surface area (Å²) in [5.74, 6) is 0.0664. The molecule has 5 rings (SSSR count). The van der Waals surface area contributed by atoms with Gasteiger partial charge in [0.1, 0.15) is 23.0 Å². The number of benzene rings is 3. The monoisotopic (exact) mass is 795 g/mol. The SMILES string of the molecule is C=CC(=O)OCCCCCCOc1ccc(C(=O)Oc2ccc(OC(=O)c3ccc(OCCCCCCOC)cc3)cc2/C=N/Nc2nc3nccnc3s2)cc1. The van der Waals surface area contributed by atoms with Gasteiger partial charge in [-0.25, -0.2) is 24.4 Å². The zero-order valence-electron chi connectivity index (χ0n) is 31.7. The Bertz CT molecular complexity index is 2060. The summed E-state index contributed by atoms with van der Waals surface area (Å²) in [7, 11) is 1.70. The molecule has 0 aliphatic heterocycles. The molecule has 2 aromatic heterocycles. The van der Waals surface area contributed by atoms with Gasteiger partial charge >= 0.3 is 17.9 Å². The molecule has 0 fully saturated rings. The lowest BCUT2D eigenvalue weighted by atomic mass is 10.2. The van der Waals surface area contributed by atoms with E-state index in [1.807, 2.05) is 0 Å². The molecule has 0 spiro atoms. The van der Waals surface area contributed by atoms with Gasteiger partial charge in [0.25, 0.3) is 0 Å². The summed E-state index contributed by atoms with van der Waals surface area (Å²) in [5.41, 5.74) is 4.33. The first-order chi connectivity index (χ1) is 27.9. The molecule has 0 aliphatic rings. The summed E-state index contributed by atoms with van der Waals surface area (Å²) in [5, 5.41) is 4.75.